The van der Waals surface area contributed by atoms with E-state index in [0.29, 0.717) is 18.8 Å². The van der Waals surface area contributed by atoms with Gasteiger partial charge >= 0.3 is 6.03 Å². The summed E-state index contributed by atoms with van der Waals surface area (Å²) in [5.74, 6) is 0.687. The van der Waals surface area contributed by atoms with Crippen molar-refractivity contribution in [2.75, 3.05) is 42.9 Å². The number of piperazine rings is 1. The van der Waals surface area contributed by atoms with Crippen LogP contribution in [0.3, 0.4) is 0 Å². The number of rotatable bonds is 2. The van der Waals surface area contributed by atoms with Gasteiger partial charge in [0.2, 0.25) is 5.91 Å². The molecule has 1 aromatic heterocycles. The summed E-state index contributed by atoms with van der Waals surface area (Å²) < 4.78 is 0. The second-order valence-electron chi connectivity index (χ2n) is 5.27. The number of carbonyl (C=O) groups is 2. The Morgan fingerprint density at radius 1 is 1.29 bits per heavy atom. The molecule has 0 aromatic carbocycles. The van der Waals surface area contributed by atoms with E-state index in [-0.39, 0.29) is 18.5 Å². The van der Waals surface area contributed by atoms with Crippen LogP contribution in [0.15, 0.2) is 18.3 Å². The molecule has 2 saturated heterocycles. The minimum Gasteiger partial charge on any atom is -0.355 e. The zero-order valence-corrected chi connectivity index (χ0v) is 11.8. The molecule has 112 valence electrons. The Bertz CT molecular complexity index is 542. The van der Waals surface area contributed by atoms with Crippen molar-refractivity contribution in [1.29, 1.82) is 0 Å². The van der Waals surface area contributed by atoms with Crippen molar-refractivity contribution in [1.82, 2.24) is 15.2 Å². The Kier molecular flexibility index (Phi) is 3.89. The Morgan fingerprint density at radius 3 is 2.86 bits per heavy atom. The van der Waals surface area contributed by atoms with Gasteiger partial charge in [-0.1, -0.05) is 0 Å². The zero-order chi connectivity index (χ0) is 14.7. The number of pyridine rings is 1. The second-order valence-corrected chi connectivity index (χ2v) is 5.27. The highest BCUT2D eigenvalue weighted by Crippen LogP contribution is 2.26. The monoisotopic (exact) mass is 289 g/mol. The van der Waals surface area contributed by atoms with Crippen molar-refractivity contribution in [2.45, 2.75) is 12.8 Å². The lowest BCUT2D eigenvalue weighted by Crippen LogP contribution is -2.51. The van der Waals surface area contributed by atoms with Gasteiger partial charge in [-0.05, 0) is 25.0 Å². The number of aromatic nitrogens is 1. The quantitative estimate of drug-likeness (QED) is 0.838. The van der Waals surface area contributed by atoms with E-state index in [9.17, 15) is 9.59 Å². The van der Waals surface area contributed by atoms with Crippen LogP contribution in [0.2, 0.25) is 0 Å². The van der Waals surface area contributed by atoms with Gasteiger partial charge in [-0.15, -0.1) is 0 Å². The number of nitrogens with zero attached hydrogens (tertiary/aromatic N) is 3. The Morgan fingerprint density at radius 2 is 2.10 bits per heavy atom. The maximum atomic E-state index is 12.3. The molecule has 3 heterocycles. The summed E-state index contributed by atoms with van der Waals surface area (Å²) in [6.07, 6.45) is 4.03. The number of anilines is 2. The van der Waals surface area contributed by atoms with Crippen molar-refractivity contribution in [3.63, 3.8) is 0 Å². The number of amides is 3. The van der Waals surface area contributed by atoms with Gasteiger partial charge in [0, 0.05) is 32.4 Å². The van der Waals surface area contributed by atoms with E-state index < -0.39 is 0 Å². The molecule has 3 amide bonds. The van der Waals surface area contributed by atoms with E-state index in [1.807, 2.05) is 6.07 Å². The predicted octanol–water partition coefficient (Wildman–Crippen LogP) is 0.646. The molecule has 0 saturated carbocycles. The molecule has 3 rings (SSSR count). The van der Waals surface area contributed by atoms with Crippen LogP contribution < -0.4 is 15.5 Å². The van der Waals surface area contributed by atoms with Gasteiger partial charge in [0.15, 0.2) is 5.82 Å². The fraction of sp³-hybridized carbons (Fsp3) is 0.500. The summed E-state index contributed by atoms with van der Waals surface area (Å²) in [7, 11) is 0. The van der Waals surface area contributed by atoms with Crippen LogP contribution in [-0.4, -0.2) is 54.5 Å². The Labute approximate surface area is 123 Å². The lowest BCUT2D eigenvalue weighted by atomic mass is 10.3. The molecule has 7 heteroatoms. The molecule has 0 unspecified atom stereocenters. The summed E-state index contributed by atoms with van der Waals surface area (Å²) in [5, 5.41) is 5.59. The third kappa shape index (κ3) is 3.07. The third-order valence-corrected chi connectivity index (χ3v) is 3.76. The first-order valence-electron chi connectivity index (χ1n) is 7.26. The number of hydrogen-bond acceptors (Lipinski definition) is 4. The molecule has 0 spiro atoms. The van der Waals surface area contributed by atoms with E-state index in [2.05, 4.69) is 20.5 Å². The first-order chi connectivity index (χ1) is 10.2. The van der Waals surface area contributed by atoms with Crippen LogP contribution >= 0.6 is 0 Å². The van der Waals surface area contributed by atoms with Crippen molar-refractivity contribution >= 4 is 23.4 Å². The average molecular weight is 289 g/mol. The molecule has 0 atom stereocenters. The van der Waals surface area contributed by atoms with Gasteiger partial charge in [0.25, 0.3) is 0 Å². The van der Waals surface area contributed by atoms with E-state index in [4.69, 9.17) is 0 Å². The molecular weight excluding hydrogens is 270 g/mol. The third-order valence-electron chi connectivity index (χ3n) is 3.76. The number of nitrogens with one attached hydrogen (secondary N) is 2. The molecule has 1 aromatic rings. The normalized spacial score (nSPS) is 18.6. The Balaban J connectivity index is 1.72. The largest absolute Gasteiger partial charge is 0.355 e. The van der Waals surface area contributed by atoms with Crippen molar-refractivity contribution in [3.05, 3.63) is 18.3 Å². The molecule has 7 nitrogen and oxygen atoms in total. The first kappa shape index (κ1) is 13.7. The average Bonchev–Trinajstić information content (AvgIpc) is 3.02. The number of hydrogen-bond donors (Lipinski definition) is 2. The summed E-state index contributed by atoms with van der Waals surface area (Å²) >= 11 is 0. The standard InChI is InChI=1S/C14H19N5O2/c20-12-10-19(9-6-15-12)14(21)17-11-4-3-5-16-13(11)18-7-1-2-8-18/h3-5H,1-2,6-10H2,(H,15,20)(H,17,21). The van der Waals surface area contributed by atoms with Gasteiger partial charge in [-0.25, -0.2) is 9.78 Å². The van der Waals surface area contributed by atoms with Gasteiger partial charge in [-0.2, -0.15) is 0 Å². The lowest BCUT2D eigenvalue weighted by molar-refractivity contribution is -0.123. The molecule has 2 aliphatic rings. The minimum atomic E-state index is -0.252. The highest BCUT2D eigenvalue weighted by molar-refractivity contribution is 5.95. The smallest absolute Gasteiger partial charge is 0.322 e. The van der Waals surface area contributed by atoms with Crippen LogP contribution in [0.25, 0.3) is 0 Å². The molecule has 2 fully saturated rings. The number of urea groups is 1. The number of carbonyl (C=O) groups excluding carboxylic acids is 2. The van der Waals surface area contributed by atoms with Gasteiger partial charge < -0.3 is 20.4 Å². The van der Waals surface area contributed by atoms with Gasteiger partial charge in [0.1, 0.15) is 6.54 Å². The predicted molar refractivity (Wildman–Crippen MR) is 79.3 cm³/mol. The van der Waals surface area contributed by atoms with Crippen LogP contribution in [0, 0.1) is 0 Å². The molecular formula is C14H19N5O2. The van der Waals surface area contributed by atoms with E-state index in [1.165, 1.54) is 4.90 Å². The summed E-state index contributed by atoms with van der Waals surface area (Å²) in [4.78, 5) is 31.7. The molecule has 0 bridgehead atoms. The summed E-state index contributed by atoms with van der Waals surface area (Å²) in [6, 6.07) is 3.40. The summed E-state index contributed by atoms with van der Waals surface area (Å²) in [5.41, 5.74) is 0.704. The molecule has 2 aliphatic heterocycles. The second kappa shape index (κ2) is 5.99. The van der Waals surface area contributed by atoms with E-state index >= 15 is 0 Å². The van der Waals surface area contributed by atoms with Crippen LogP contribution in [-0.2, 0) is 4.79 Å². The molecule has 21 heavy (non-hydrogen) atoms. The molecule has 0 aliphatic carbocycles. The van der Waals surface area contributed by atoms with Crippen molar-refractivity contribution in [2.24, 2.45) is 0 Å². The minimum absolute atomic E-state index is 0.102. The molecule has 0 radical (unpaired) electrons. The van der Waals surface area contributed by atoms with Crippen molar-refractivity contribution < 1.29 is 9.59 Å². The fourth-order valence-corrected chi connectivity index (χ4v) is 2.68. The molecule has 2 N–H and O–H groups in total. The topological polar surface area (TPSA) is 77.6 Å². The summed E-state index contributed by atoms with van der Waals surface area (Å²) in [6.45, 7) is 3.05. The van der Waals surface area contributed by atoms with E-state index in [1.54, 1.807) is 12.3 Å². The lowest BCUT2D eigenvalue weighted by Gasteiger charge is -2.27. The highest BCUT2D eigenvalue weighted by atomic mass is 16.2. The Hall–Kier alpha value is -2.31. The maximum absolute atomic E-state index is 12.3. The maximum Gasteiger partial charge on any atom is 0.322 e. The van der Waals surface area contributed by atoms with Crippen LogP contribution in [0.5, 0.6) is 0 Å². The fourth-order valence-electron chi connectivity index (χ4n) is 2.68. The van der Waals surface area contributed by atoms with Crippen LogP contribution in [0.4, 0.5) is 16.3 Å². The van der Waals surface area contributed by atoms with Gasteiger partial charge in [0.05, 0.1) is 5.69 Å². The van der Waals surface area contributed by atoms with Crippen LogP contribution in [0.1, 0.15) is 12.8 Å². The zero-order valence-electron chi connectivity index (χ0n) is 11.8. The SMILES string of the molecule is O=C1CN(C(=O)Nc2cccnc2N2CCCC2)CCN1. The van der Waals surface area contributed by atoms with Gasteiger partial charge in [-0.3, -0.25) is 4.79 Å². The van der Waals surface area contributed by atoms with Crippen molar-refractivity contribution in [3.8, 4) is 0 Å². The van der Waals surface area contributed by atoms with E-state index in [0.717, 1.165) is 31.7 Å². The first-order valence-corrected chi connectivity index (χ1v) is 7.26. The highest BCUT2D eigenvalue weighted by Gasteiger charge is 2.23.